The summed E-state index contributed by atoms with van der Waals surface area (Å²) in [7, 11) is 1.37. The van der Waals surface area contributed by atoms with Gasteiger partial charge in [-0.15, -0.1) is 11.8 Å². The summed E-state index contributed by atoms with van der Waals surface area (Å²) in [5.41, 5.74) is 0.562. The van der Waals surface area contributed by atoms with Crippen LogP contribution in [0, 0.1) is 0 Å². The zero-order valence-corrected chi connectivity index (χ0v) is 9.74. The first-order valence-corrected chi connectivity index (χ1v) is 5.62. The molecule has 0 atom stereocenters. The second-order valence-corrected chi connectivity index (χ2v) is 4.04. The van der Waals surface area contributed by atoms with E-state index >= 15 is 0 Å². The third kappa shape index (κ3) is 2.48. The van der Waals surface area contributed by atoms with Gasteiger partial charge in [-0.05, 0) is 40.4 Å². The molecule has 2 nitrogen and oxygen atoms in total. The van der Waals surface area contributed by atoms with Crippen molar-refractivity contribution in [2.24, 2.45) is 0 Å². The van der Waals surface area contributed by atoms with Crippen molar-refractivity contribution in [3.8, 4) is 0 Å². The zero-order valence-electron chi connectivity index (χ0n) is 7.33. The number of methoxy groups -OCH3 is 1. The first kappa shape index (κ1) is 10.6. The molecule has 70 valence electrons. The third-order valence-electron chi connectivity index (χ3n) is 1.57. The standard InChI is InChI=1S/C9H9BrO2S/c1-12-9(11)6-3-4-8(13-2)7(10)5-6/h3-5H,1-2H3. The van der Waals surface area contributed by atoms with Crippen LogP contribution in [0.3, 0.4) is 0 Å². The normalized spacial score (nSPS) is 9.77. The van der Waals surface area contributed by atoms with Gasteiger partial charge in [0.25, 0.3) is 0 Å². The Bertz CT molecular complexity index is 325. The summed E-state index contributed by atoms with van der Waals surface area (Å²) in [6.45, 7) is 0. The van der Waals surface area contributed by atoms with Crippen molar-refractivity contribution in [3.05, 3.63) is 28.2 Å². The largest absolute Gasteiger partial charge is 0.465 e. The Hall–Kier alpha value is -0.480. The molecule has 0 aliphatic rings. The quantitative estimate of drug-likeness (QED) is 0.604. The number of halogens is 1. The molecule has 1 rings (SSSR count). The van der Waals surface area contributed by atoms with E-state index in [-0.39, 0.29) is 5.97 Å². The monoisotopic (exact) mass is 260 g/mol. The molecule has 0 saturated carbocycles. The Balaban J connectivity index is 3.02. The number of hydrogen-bond acceptors (Lipinski definition) is 3. The van der Waals surface area contributed by atoms with Gasteiger partial charge in [0.1, 0.15) is 0 Å². The summed E-state index contributed by atoms with van der Waals surface area (Å²) in [5.74, 6) is -0.312. The molecule has 0 saturated heterocycles. The van der Waals surface area contributed by atoms with Gasteiger partial charge < -0.3 is 4.74 Å². The zero-order chi connectivity index (χ0) is 9.84. The summed E-state index contributed by atoms with van der Waals surface area (Å²) in [6, 6.07) is 5.40. The van der Waals surface area contributed by atoms with Gasteiger partial charge >= 0.3 is 5.97 Å². The van der Waals surface area contributed by atoms with Crippen molar-refractivity contribution in [2.45, 2.75) is 4.90 Å². The van der Waals surface area contributed by atoms with Crippen LogP contribution >= 0.6 is 27.7 Å². The lowest BCUT2D eigenvalue weighted by Gasteiger charge is -2.03. The lowest BCUT2D eigenvalue weighted by molar-refractivity contribution is 0.0600. The maximum Gasteiger partial charge on any atom is 0.337 e. The summed E-state index contributed by atoms with van der Waals surface area (Å²) >= 11 is 5.00. The van der Waals surface area contributed by atoms with Crippen LogP contribution in [-0.4, -0.2) is 19.3 Å². The molecule has 0 spiro atoms. The molecular formula is C9H9BrO2S. The van der Waals surface area contributed by atoms with Gasteiger partial charge in [-0.3, -0.25) is 0 Å². The Labute approximate surface area is 89.8 Å². The van der Waals surface area contributed by atoms with Crippen LogP contribution in [-0.2, 0) is 4.74 Å². The molecule has 1 aromatic carbocycles. The van der Waals surface area contributed by atoms with E-state index in [0.717, 1.165) is 9.37 Å². The van der Waals surface area contributed by atoms with E-state index < -0.39 is 0 Å². The van der Waals surface area contributed by atoms with E-state index in [1.807, 2.05) is 12.3 Å². The van der Waals surface area contributed by atoms with Crippen molar-refractivity contribution >= 4 is 33.7 Å². The highest BCUT2D eigenvalue weighted by Gasteiger charge is 2.07. The molecule has 0 bridgehead atoms. The van der Waals surface area contributed by atoms with Crippen molar-refractivity contribution < 1.29 is 9.53 Å². The van der Waals surface area contributed by atoms with Crippen LogP contribution in [0.5, 0.6) is 0 Å². The van der Waals surface area contributed by atoms with E-state index in [9.17, 15) is 4.79 Å². The molecule has 0 N–H and O–H groups in total. The van der Waals surface area contributed by atoms with E-state index in [1.54, 1.807) is 23.9 Å². The predicted molar refractivity (Wildman–Crippen MR) is 57.3 cm³/mol. The number of esters is 1. The highest BCUT2D eigenvalue weighted by Crippen LogP contribution is 2.26. The maximum absolute atomic E-state index is 11.1. The minimum atomic E-state index is -0.312. The van der Waals surface area contributed by atoms with Gasteiger partial charge in [-0.25, -0.2) is 4.79 Å². The number of carbonyl (C=O) groups is 1. The van der Waals surface area contributed by atoms with Gasteiger partial charge in [-0.2, -0.15) is 0 Å². The molecule has 0 amide bonds. The Kier molecular flexibility index (Phi) is 3.81. The third-order valence-corrected chi connectivity index (χ3v) is 3.29. The molecule has 13 heavy (non-hydrogen) atoms. The molecule has 0 aromatic heterocycles. The van der Waals surface area contributed by atoms with Gasteiger partial charge in [0.2, 0.25) is 0 Å². The maximum atomic E-state index is 11.1. The average Bonchev–Trinajstić information content (AvgIpc) is 2.16. The molecular weight excluding hydrogens is 252 g/mol. The summed E-state index contributed by atoms with van der Waals surface area (Å²) in [5, 5.41) is 0. The minimum absolute atomic E-state index is 0.312. The molecule has 0 aliphatic carbocycles. The summed E-state index contributed by atoms with van der Waals surface area (Å²) < 4.78 is 5.52. The first-order valence-electron chi connectivity index (χ1n) is 3.61. The lowest BCUT2D eigenvalue weighted by Crippen LogP contribution is -2.00. The lowest BCUT2D eigenvalue weighted by atomic mass is 10.2. The van der Waals surface area contributed by atoms with Crippen LogP contribution in [0.25, 0.3) is 0 Å². The van der Waals surface area contributed by atoms with Crippen LogP contribution < -0.4 is 0 Å². The average molecular weight is 261 g/mol. The first-order chi connectivity index (χ1) is 6.19. The number of rotatable bonds is 2. The topological polar surface area (TPSA) is 26.3 Å². The van der Waals surface area contributed by atoms with Crippen molar-refractivity contribution in [2.75, 3.05) is 13.4 Å². The number of ether oxygens (including phenoxy) is 1. The molecule has 0 heterocycles. The molecule has 0 aliphatic heterocycles. The smallest absolute Gasteiger partial charge is 0.337 e. The van der Waals surface area contributed by atoms with Gasteiger partial charge in [0.05, 0.1) is 12.7 Å². The molecule has 0 unspecified atom stereocenters. The van der Waals surface area contributed by atoms with Crippen LogP contribution in [0.1, 0.15) is 10.4 Å². The van der Waals surface area contributed by atoms with E-state index in [4.69, 9.17) is 0 Å². The SMILES string of the molecule is COC(=O)c1ccc(SC)c(Br)c1. The predicted octanol–water partition coefficient (Wildman–Crippen LogP) is 2.96. The molecule has 4 heteroatoms. The van der Waals surface area contributed by atoms with Crippen LogP contribution in [0.2, 0.25) is 0 Å². The molecule has 0 radical (unpaired) electrons. The second kappa shape index (κ2) is 4.67. The van der Waals surface area contributed by atoms with E-state index in [0.29, 0.717) is 5.56 Å². The van der Waals surface area contributed by atoms with Crippen LogP contribution in [0.15, 0.2) is 27.6 Å². The Morgan fingerprint density at radius 3 is 2.69 bits per heavy atom. The van der Waals surface area contributed by atoms with Gasteiger partial charge in [-0.1, -0.05) is 0 Å². The number of thioether (sulfide) groups is 1. The van der Waals surface area contributed by atoms with Crippen LogP contribution in [0.4, 0.5) is 0 Å². The number of benzene rings is 1. The van der Waals surface area contributed by atoms with E-state index in [1.165, 1.54) is 7.11 Å². The minimum Gasteiger partial charge on any atom is -0.465 e. The van der Waals surface area contributed by atoms with E-state index in [2.05, 4.69) is 20.7 Å². The molecule has 0 fully saturated rings. The van der Waals surface area contributed by atoms with Gasteiger partial charge in [0.15, 0.2) is 0 Å². The fourth-order valence-corrected chi connectivity index (χ4v) is 2.23. The van der Waals surface area contributed by atoms with Crippen molar-refractivity contribution in [1.29, 1.82) is 0 Å². The highest BCUT2D eigenvalue weighted by atomic mass is 79.9. The Morgan fingerprint density at radius 2 is 2.23 bits per heavy atom. The summed E-state index contributed by atoms with van der Waals surface area (Å²) in [6.07, 6.45) is 1.98. The van der Waals surface area contributed by atoms with Gasteiger partial charge in [0, 0.05) is 9.37 Å². The molecule has 1 aromatic rings. The van der Waals surface area contributed by atoms with Crippen molar-refractivity contribution in [3.63, 3.8) is 0 Å². The highest BCUT2D eigenvalue weighted by molar-refractivity contribution is 9.10. The fourth-order valence-electron chi connectivity index (χ4n) is 0.911. The number of hydrogen-bond donors (Lipinski definition) is 0. The summed E-state index contributed by atoms with van der Waals surface area (Å²) in [4.78, 5) is 12.2. The van der Waals surface area contributed by atoms with Crippen molar-refractivity contribution in [1.82, 2.24) is 0 Å². The second-order valence-electron chi connectivity index (χ2n) is 2.34. The fraction of sp³-hybridized carbons (Fsp3) is 0.222. The Morgan fingerprint density at radius 1 is 1.54 bits per heavy atom. The number of carbonyl (C=O) groups excluding carboxylic acids is 1.